The largest absolute Gasteiger partial charge is 0.351 e. The highest BCUT2D eigenvalue weighted by Gasteiger charge is 2.40. The second kappa shape index (κ2) is 26.4. The third-order valence-electron chi connectivity index (χ3n) is 14.7. The van der Waals surface area contributed by atoms with Crippen LogP contribution >= 0.6 is 46.4 Å². The first-order chi connectivity index (χ1) is 44.0. The SMILES string of the molecule is CC1(NC(=O)c2nc3cccnn3c2-c2ccc(Cl)cc2)CC1.CCCNC(=O)c1nc2cccnn2c1-c1cc(F)cc(Cl)c1.O=C(NC1CC1)c1nc2cccnn2c1-c1cc(F)cc(Cl)c1.O=C(NC1CC1)c1nc2cccnn2c1-c1cccc(Cl)c1. The van der Waals surface area contributed by atoms with E-state index in [2.05, 4.69) is 61.6 Å². The normalized spacial score (nSPS) is 13.7. The van der Waals surface area contributed by atoms with Gasteiger partial charge in [-0.2, -0.15) is 20.4 Å². The van der Waals surface area contributed by atoms with Crippen molar-refractivity contribution in [2.45, 2.75) is 76.4 Å². The number of fused-ring (bicyclic) bond motifs is 4. The van der Waals surface area contributed by atoms with E-state index in [1.807, 2.05) is 56.3 Å². The lowest BCUT2D eigenvalue weighted by molar-refractivity contribution is 0.0926. The van der Waals surface area contributed by atoms with E-state index in [0.717, 1.165) is 56.1 Å². The summed E-state index contributed by atoms with van der Waals surface area (Å²) in [4.78, 5) is 67.7. The van der Waals surface area contributed by atoms with E-state index in [9.17, 15) is 28.0 Å². The maximum atomic E-state index is 13.7. The van der Waals surface area contributed by atoms with Crippen LogP contribution in [0, 0.1) is 11.6 Å². The summed E-state index contributed by atoms with van der Waals surface area (Å²) >= 11 is 24.0. The van der Waals surface area contributed by atoms with E-state index in [0.29, 0.717) is 84.5 Å². The minimum Gasteiger partial charge on any atom is -0.351 e. The molecule has 3 fully saturated rings. The monoisotopic (exact) mass is 1300 g/mol. The van der Waals surface area contributed by atoms with Gasteiger partial charge in [-0.3, -0.25) is 19.2 Å². The Balaban J connectivity index is 0.000000117. The van der Waals surface area contributed by atoms with Gasteiger partial charge >= 0.3 is 0 Å². The Labute approximate surface area is 538 Å². The molecular formula is C65H54Cl4F2N16O4. The van der Waals surface area contributed by atoms with Crippen LogP contribution in [0.1, 0.15) is 101 Å². The number of aromatic nitrogens is 12. The number of nitrogens with zero attached hydrogens (tertiary/aromatic N) is 12. The van der Waals surface area contributed by atoms with Crippen molar-refractivity contribution < 1.29 is 28.0 Å². The first-order valence-corrected chi connectivity index (χ1v) is 30.5. The quantitative estimate of drug-likeness (QED) is 0.0843. The number of imidazole rings is 4. The van der Waals surface area contributed by atoms with Crippen molar-refractivity contribution in [3.63, 3.8) is 0 Å². The second-order valence-electron chi connectivity index (χ2n) is 22.0. The van der Waals surface area contributed by atoms with E-state index in [1.165, 1.54) is 33.3 Å². The Morgan fingerprint density at radius 3 is 1.25 bits per heavy atom. The van der Waals surface area contributed by atoms with E-state index < -0.39 is 11.6 Å². The molecular weight excluding hydrogens is 1250 g/mol. The van der Waals surface area contributed by atoms with Crippen LogP contribution in [0.25, 0.3) is 67.6 Å². The lowest BCUT2D eigenvalue weighted by Crippen LogP contribution is -2.34. The van der Waals surface area contributed by atoms with Gasteiger partial charge < -0.3 is 21.3 Å². The van der Waals surface area contributed by atoms with Crippen LogP contribution < -0.4 is 21.3 Å². The average molecular weight is 1300 g/mol. The third kappa shape index (κ3) is 14.2. The molecule has 26 heteroatoms. The van der Waals surface area contributed by atoms with Crippen LogP contribution in [0.5, 0.6) is 0 Å². The summed E-state index contributed by atoms with van der Waals surface area (Å²) < 4.78 is 33.8. The van der Waals surface area contributed by atoms with E-state index in [-0.39, 0.29) is 62.7 Å². The summed E-state index contributed by atoms with van der Waals surface area (Å²) in [5, 5.41) is 30.6. The van der Waals surface area contributed by atoms with Crippen molar-refractivity contribution in [3.05, 3.63) is 213 Å². The minimum absolute atomic E-state index is 0.0996. The molecule has 20 nitrogen and oxygen atoms in total. The van der Waals surface area contributed by atoms with Crippen molar-refractivity contribution in [3.8, 4) is 45.0 Å². The Kier molecular flexibility index (Phi) is 17.8. The maximum absolute atomic E-state index is 13.7. The smallest absolute Gasteiger partial charge is 0.272 e. The van der Waals surface area contributed by atoms with Crippen LogP contribution in [-0.4, -0.2) is 106 Å². The van der Waals surface area contributed by atoms with Gasteiger partial charge in [0.25, 0.3) is 23.6 Å². The summed E-state index contributed by atoms with van der Waals surface area (Å²) in [6.45, 7) is 4.53. The van der Waals surface area contributed by atoms with Gasteiger partial charge in [0, 0.05) is 91.3 Å². The number of carbonyl (C=O) groups excluding carboxylic acids is 4. The predicted molar refractivity (Wildman–Crippen MR) is 342 cm³/mol. The molecule has 12 aromatic rings. The van der Waals surface area contributed by atoms with E-state index >= 15 is 0 Å². The average Bonchev–Trinajstić information content (AvgIpc) is 1.67. The van der Waals surface area contributed by atoms with E-state index in [1.54, 1.807) is 101 Å². The van der Waals surface area contributed by atoms with Crippen molar-refractivity contribution in [1.82, 2.24) is 79.7 Å². The zero-order valence-electron chi connectivity index (χ0n) is 48.6. The Bertz CT molecular complexity index is 4710. The molecule has 15 rings (SSSR count). The number of benzene rings is 4. The van der Waals surface area contributed by atoms with Gasteiger partial charge in [0.1, 0.15) is 34.4 Å². The van der Waals surface area contributed by atoms with Crippen molar-refractivity contribution in [1.29, 1.82) is 0 Å². The Morgan fingerprint density at radius 2 is 0.857 bits per heavy atom. The van der Waals surface area contributed by atoms with Crippen molar-refractivity contribution in [2.24, 2.45) is 0 Å². The molecule has 3 aliphatic carbocycles. The highest BCUT2D eigenvalue weighted by atomic mass is 35.5. The van der Waals surface area contributed by atoms with Crippen molar-refractivity contribution >= 4 is 92.6 Å². The molecule has 8 aromatic heterocycles. The molecule has 0 spiro atoms. The minimum atomic E-state index is -0.488. The summed E-state index contributed by atoms with van der Waals surface area (Å²) in [6.07, 6.45) is 13.3. The van der Waals surface area contributed by atoms with Gasteiger partial charge in [-0.25, -0.2) is 46.8 Å². The molecule has 4 aromatic carbocycles. The molecule has 0 aliphatic heterocycles. The first kappa shape index (κ1) is 61.5. The fourth-order valence-corrected chi connectivity index (χ4v) is 10.5. The highest BCUT2D eigenvalue weighted by Crippen LogP contribution is 2.36. The van der Waals surface area contributed by atoms with Crippen LogP contribution in [0.3, 0.4) is 0 Å². The Hall–Kier alpha value is -9.74. The van der Waals surface area contributed by atoms with Crippen LogP contribution in [0.15, 0.2) is 158 Å². The standard InChI is InChI=1S/C17H15ClN4O.C16H12ClFN4O.C16H14ClFN4O.C16H13ClN4O/c1-17(8-9-17)21-16(23)14-15(11-4-6-12(18)7-5-11)22-13(20-14)3-2-10-19-22;17-10-6-9(7-11(18)8-10)15-14(16(23)20-12-3-4-12)21-13-2-1-5-19-22(13)15;1-2-5-19-16(23)14-15(10-7-11(17)9-12(18)8-10)22-13(21-14)4-3-6-20-22;17-11-4-1-3-10(9-11)15-14(16(22)19-12-6-7-12)20-13-5-2-8-18-21(13)15/h2-7,10H,8-9H2,1H3,(H,21,23);1-2,5-8,12H,3-4H2,(H,20,23);3-4,6-9H,2,5H2,1H3,(H,19,23);1-5,8-9,12H,6-7H2,(H,19,22). The molecule has 8 heterocycles. The lowest BCUT2D eigenvalue weighted by atomic mass is 10.1. The molecule has 0 unspecified atom stereocenters. The van der Waals surface area contributed by atoms with Gasteiger partial charge in [-0.05, 0) is 161 Å². The van der Waals surface area contributed by atoms with Gasteiger partial charge in [0.15, 0.2) is 45.4 Å². The first-order valence-electron chi connectivity index (χ1n) is 29.0. The predicted octanol–water partition coefficient (Wildman–Crippen LogP) is 12.7. The third-order valence-corrected chi connectivity index (χ3v) is 15.6. The summed E-state index contributed by atoms with van der Waals surface area (Å²) in [5.74, 6) is -1.91. The number of rotatable bonds is 13. The molecule has 91 heavy (non-hydrogen) atoms. The fourth-order valence-electron chi connectivity index (χ4n) is 9.78. The van der Waals surface area contributed by atoms with Gasteiger partial charge in [0.05, 0.1) is 0 Å². The van der Waals surface area contributed by atoms with Crippen LogP contribution in [0.2, 0.25) is 20.1 Å². The number of carbonyl (C=O) groups is 4. The second-order valence-corrected chi connectivity index (χ2v) is 23.8. The topological polar surface area (TPSA) is 237 Å². The zero-order valence-corrected chi connectivity index (χ0v) is 51.6. The molecule has 3 aliphatic rings. The van der Waals surface area contributed by atoms with Gasteiger partial charge in [-0.15, -0.1) is 0 Å². The van der Waals surface area contributed by atoms with Crippen LogP contribution in [-0.2, 0) is 0 Å². The molecule has 4 N–H and O–H groups in total. The summed E-state index contributed by atoms with van der Waals surface area (Å²) in [5.41, 5.74) is 8.15. The van der Waals surface area contributed by atoms with Gasteiger partial charge in [-0.1, -0.05) is 77.6 Å². The zero-order chi connectivity index (χ0) is 63.5. The Morgan fingerprint density at radius 1 is 0.462 bits per heavy atom. The number of nitrogens with one attached hydrogen (secondary N) is 4. The molecule has 3 saturated carbocycles. The van der Waals surface area contributed by atoms with Crippen molar-refractivity contribution in [2.75, 3.05) is 6.54 Å². The maximum Gasteiger partial charge on any atom is 0.272 e. The number of halogens is 6. The molecule has 0 radical (unpaired) electrons. The van der Waals surface area contributed by atoms with Crippen LogP contribution in [0.4, 0.5) is 8.78 Å². The number of hydrogen-bond donors (Lipinski definition) is 4. The molecule has 4 amide bonds. The molecule has 0 bridgehead atoms. The molecule has 460 valence electrons. The van der Waals surface area contributed by atoms with Gasteiger partial charge in [0.2, 0.25) is 0 Å². The fraction of sp³-hybridized carbons (Fsp3) is 0.200. The summed E-state index contributed by atoms with van der Waals surface area (Å²) in [6, 6.07) is 37.6. The lowest BCUT2D eigenvalue weighted by Gasteiger charge is -2.11. The van der Waals surface area contributed by atoms with E-state index in [4.69, 9.17) is 46.4 Å². The summed E-state index contributed by atoms with van der Waals surface area (Å²) in [7, 11) is 0. The molecule has 0 atom stereocenters. The number of amides is 4. The highest BCUT2D eigenvalue weighted by molar-refractivity contribution is 6.32. The molecule has 0 saturated heterocycles. The number of hydrogen-bond acceptors (Lipinski definition) is 12.